The van der Waals surface area contributed by atoms with Gasteiger partial charge in [-0.3, -0.25) is 0 Å². The lowest BCUT2D eigenvalue weighted by molar-refractivity contribution is -0.671. The normalized spacial score (nSPS) is 6.93. The maximum absolute atomic E-state index is 8.50. The Hall–Kier alpha value is -2.25. The van der Waals surface area contributed by atoms with E-state index in [0.29, 0.717) is 6.54 Å². The molecule has 0 aliphatic carbocycles. The largest absolute Gasteiger partial charge is 0.392 e. The molecule has 0 amide bonds. The van der Waals surface area contributed by atoms with Crippen LogP contribution < -0.4 is 16.0 Å². The lowest BCUT2D eigenvalue weighted by Crippen LogP contribution is -2.23. The Balaban J connectivity index is 0. The van der Waals surface area contributed by atoms with E-state index in [9.17, 15) is 0 Å². The number of nitrogens with zero attached hydrogens (tertiary/aromatic N) is 4. The molecular weight excluding hydrogens is 196 g/mol. The van der Waals surface area contributed by atoms with E-state index in [2.05, 4.69) is 11.5 Å². The molecule has 0 spiro atoms. The van der Waals surface area contributed by atoms with Crippen LogP contribution in [0.3, 0.4) is 0 Å². The van der Waals surface area contributed by atoms with E-state index in [1.54, 1.807) is 0 Å². The van der Waals surface area contributed by atoms with Crippen molar-refractivity contribution >= 4 is 0 Å². The summed E-state index contributed by atoms with van der Waals surface area (Å²) in [6, 6.07) is 0. The predicted molar refractivity (Wildman–Crippen MR) is 52.3 cm³/mol. The summed E-state index contributed by atoms with van der Waals surface area (Å²) in [5.74, 6) is 0. The van der Waals surface area contributed by atoms with E-state index in [1.165, 1.54) is 12.4 Å². The SMILES string of the molecule is C[n+]1ccn(CCO)c1.N#CN.N#CN. The lowest BCUT2D eigenvalue weighted by atomic mass is 10.7. The number of nitrogens with two attached hydrogens (primary N) is 2. The number of aliphatic hydroxyl groups is 1. The van der Waals surface area contributed by atoms with Gasteiger partial charge in [-0.05, 0) is 0 Å². The molecule has 0 aliphatic heterocycles. The van der Waals surface area contributed by atoms with Gasteiger partial charge in [-0.15, -0.1) is 0 Å². The quantitative estimate of drug-likeness (QED) is 0.300. The first-order valence-electron chi connectivity index (χ1n) is 3.97. The molecule has 0 saturated carbocycles. The molecule has 5 N–H and O–H groups in total. The van der Waals surface area contributed by atoms with Crippen molar-refractivity contribution in [2.75, 3.05) is 6.61 Å². The molecule has 7 nitrogen and oxygen atoms in total. The lowest BCUT2D eigenvalue weighted by Gasteiger charge is -1.86. The van der Waals surface area contributed by atoms with Gasteiger partial charge in [-0.25, -0.2) is 9.13 Å². The zero-order chi connectivity index (χ0) is 12.1. The van der Waals surface area contributed by atoms with Crippen LogP contribution in [0.25, 0.3) is 0 Å². The topological polar surface area (TPSA) is 129 Å². The Morgan fingerprint density at radius 1 is 1.40 bits per heavy atom. The van der Waals surface area contributed by atoms with E-state index >= 15 is 0 Å². The van der Waals surface area contributed by atoms with Crippen molar-refractivity contribution in [2.24, 2.45) is 18.5 Å². The van der Waals surface area contributed by atoms with Crippen LogP contribution in [0.1, 0.15) is 0 Å². The third-order valence-corrected chi connectivity index (χ3v) is 1.18. The van der Waals surface area contributed by atoms with Gasteiger partial charge in [0.25, 0.3) is 0 Å². The Labute approximate surface area is 88.4 Å². The first-order valence-corrected chi connectivity index (χ1v) is 3.97. The molecule has 0 unspecified atom stereocenters. The van der Waals surface area contributed by atoms with Crippen molar-refractivity contribution in [3.63, 3.8) is 0 Å². The minimum atomic E-state index is 0.203. The Bertz CT molecular complexity index is 309. The van der Waals surface area contributed by atoms with E-state index in [4.69, 9.17) is 15.6 Å². The molecule has 0 saturated heterocycles. The van der Waals surface area contributed by atoms with Crippen molar-refractivity contribution in [1.29, 1.82) is 10.5 Å². The van der Waals surface area contributed by atoms with E-state index < -0.39 is 0 Å². The smallest absolute Gasteiger partial charge is 0.243 e. The van der Waals surface area contributed by atoms with Crippen LogP contribution in [-0.4, -0.2) is 16.3 Å². The summed E-state index contributed by atoms with van der Waals surface area (Å²) in [5.41, 5.74) is 8.31. The summed E-state index contributed by atoms with van der Waals surface area (Å²) >= 11 is 0. The highest BCUT2D eigenvalue weighted by Crippen LogP contribution is 1.80. The first kappa shape index (κ1) is 15.2. The summed E-state index contributed by atoms with van der Waals surface area (Å²) in [7, 11) is 1.95. The second kappa shape index (κ2) is 11.8. The van der Waals surface area contributed by atoms with E-state index in [0.717, 1.165) is 0 Å². The summed E-state index contributed by atoms with van der Waals surface area (Å²) in [5, 5.41) is 22.7. The molecule has 82 valence electrons. The molecule has 0 fully saturated rings. The van der Waals surface area contributed by atoms with Crippen molar-refractivity contribution < 1.29 is 9.67 Å². The third kappa shape index (κ3) is 11.8. The summed E-state index contributed by atoms with van der Waals surface area (Å²) < 4.78 is 3.87. The standard InChI is InChI=1S/C6H11N2O.2CH2N2/c1-7-2-3-8(6-7)4-5-9;2*2-1-3/h2-3,6,9H,4-5H2,1H3;2*2H2/q+1;;. The number of rotatable bonds is 2. The number of hydrogen-bond donors (Lipinski definition) is 3. The third-order valence-electron chi connectivity index (χ3n) is 1.18. The number of aliphatic hydroxyl groups excluding tert-OH is 1. The second-order valence-corrected chi connectivity index (χ2v) is 2.30. The number of hydrogen-bond acceptors (Lipinski definition) is 5. The van der Waals surface area contributed by atoms with Crippen molar-refractivity contribution in [3.05, 3.63) is 18.7 Å². The highest BCUT2D eigenvalue weighted by molar-refractivity contribution is 4.64. The zero-order valence-electron chi connectivity index (χ0n) is 8.54. The van der Waals surface area contributed by atoms with Crippen molar-refractivity contribution in [3.8, 4) is 12.4 Å². The average Bonchev–Trinajstić information content (AvgIpc) is 2.55. The number of aromatic nitrogens is 2. The van der Waals surface area contributed by atoms with Gasteiger partial charge in [0.1, 0.15) is 18.9 Å². The van der Waals surface area contributed by atoms with Crippen LogP contribution in [0.15, 0.2) is 18.7 Å². The molecule has 1 aromatic rings. The number of imidazole rings is 1. The van der Waals surface area contributed by atoms with Gasteiger partial charge in [0, 0.05) is 0 Å². The molecular formula is C8H15N6O+. The number of aryl methyl sites for hydroxylation is 1. The molecule has 1 heterocycles. The number of nitriles is 2. The zero-order valence-corrected chi connectivity index (χ0v) is 8.54. The van der Waals surface area contributed by atoms with Crippen LogP contribution in [0, 0.1) is 22.9 Å². The second-order valence-electron chi connectivity index (χ2n) is 2.30. The molecule has 15 heavy (non-hydrogen) atoms. The van der Waals surface area contributed by atoms with E-state index in [-0.39, 0.29) is 6.61 Å². The van der Waals surface area contributed by atoms with Crippen molar-refractivity contribution in [2.45, 2.75) is 6.54 Å². The van der Waals surface area contributed by atoms with Gasteiger partial charge in [-0.1, -0.05) is 0 Å². The van der Waals surface area contributed by atoms with Crippen LogP contribution in [0.4, 0.5) is 0 Å². The minimum absolute atomic E-state index is 0.203. The Morgan fingerprint density at radius 3 is 2.13 bits per heavy atom. The molecule has 0 bridgehead atoms. The molecule has 1 rings (SSSR count). The fourth-order valence-corrected chi connectivity index (χ4v) is 0.749. The maximum Gasteiger partial charge on any atom is 0.243 e. The van der Waals surface area contributed by atoms with Gasteiger partial charge >= 0.3 is 0 Å². The fourth-order valence-electron chi connectivity index (χ4n) is 0.749. The molecule has 0 aliphatic rings. The Kier molecular flexibility index (Phi) is 11.9. The van der Waals surface area contributed by atoms with Crippen LogP contribution in [0.2, 0.25) is 0 Å². The maximum atomic E-state index is 8.50. The molecule has 1 aromatic heterocycles. The summed E-state index contributed by atoms with van der Waals surface area (Å²) in [6.07, 6.45) is 8.29. The van der Waals surface area contributed by atoms with Gasteiger partial charge in [0.15, 0.2) is 12.4 Å². The van der Waals surface area contributed by atoms with Crippen LogP contribution in [0.5, 0.6) is 0 Å². The van der Waals surface area contributed by atoms with Gasteiger partial charge in [-0.2, -0.15) is 10.5 Å². The van der Waals surface area contributed by atoms with E-state index in [1.807, 2.05) is 34.9 Å². The highest BCUT2D eigenvalue weighted by Gasteiger charge is 1.95. The minimum Gasteiger partial charge on any atom is -0.392 e. The van der Waals surface area contributed by atoms with Crippen LogP contribution in [-0.2, 0) is 13.6 Å². The van der Waals surface area contributed by atoms with Crippen molar-refractivity contribution in [1.82, 2.24) is 4.57 Å². The Morgan fingerprint density at radius 2 is 1.87 bits per heavy atom. The molecule has 7 heteroatoms. The van der Waals surface area contributed by atoms with Crippen LogP contribution >= 0.6 is 0 Å². The van der Waals surface area contributed by atoms with Gasteiger partial charge in [0.2, 0.25) is 6.33 Å². The first-order chi connectivity index (χ1) is 7.15. The van der Waals surface area contributed by atoms with Gasteiger partial charge < -0.3 is 16.6 Å². The molecule has 0 radical (unpaired) electrons. The van der Waals surface area contributed by atoms with Gasteiger partial charge in [0.05, 0.1) is 13.7 Å². The average molecular weight is 211 g/mol. The summed E-state index contributed by atoms with van der Waals surface area (Å²) in [6.45, 7) is 0.884. The fraction of sp³-hybridized carbons (Fsp3) is 0.375. The highest BCUT2D eigenvalue weighted by atomic mass is 16.3. The summed E-state index contributed by atoms with van der Waals surface area (Å²) in [4.78, 5) is 0. The molecule has 0 atom stereocenters. The predicted octanol–water partition coefficient (Wildman–Crippen LogP) is -1.84. The molecule has 0 aromatic carbocycles. The monoisotopic (exact) mass is 211 g/mol.